The molecule has 1 amide bonds. The number of aromatic nitrogens is 4. The van der Waals surface area contributed by atoms with Crippen LogP contribution in [0, 0.1) is 12.8 Å². The van der Waals surface area contributed by atoms with Gasteiger partial charge in [0.25, 0.3) is 0 Å². The number of nitrogens with one attached hydrogen (secondary N) is 1. The molecule has 0 bridgehead atoms. The van der Waals surface area contributed by atoms with Gasteiger partial charge in [-0.05, 0) is 71.6 Å². The molecule has 12 heteroatoms. The van der Waals surface area contributed by atoms with E-state index in [9.17, 15) is 4.79 Å². The highest BCUT2D eigenvalue weighted by Crippen LogP contribution is 2.48. The summed E-state index contributed by atoms with van der Waals surface area (Å²) in [5.74, 6) is 1.54. The molecule has 1 N–H and O–H groups in total. The number of fused-ring (bicyclic) bond motifs is 1. The minimum Gasteiger partial charge on any atom is -0.378 e. The van der Waals surface area contributed by atoms with E-state index >= 15 is 0 Å². The Labute approximate surface area is 281 Å². The number of rotatable bonds is 6. The van der Waals surface area contributed by atoms with Crippen molar-refractivity contribution in [3.63, 3.8) is 0 Å². The lowest BCUT2D eigenvalue weighted by atomic mass is 9.80. The third kappa shape index (κ3) is 5.44. The number of ether oxygens (including phenoxy) is 1. The van der Waals surface area contributed by atoms with Gasteiger partial charge in [0.15, 0.2) is 5.82 Å². The van der Waals surface area contributed by atoms with Crippen LogP contribution >= 0.6 is 23.2 Å². The third-order valence-electron chi connectivity index (χ3n) is 11.2. The molecule has 4 aliphatic rings. The van der Waals surface area contributed by atoms with Gasteiger partial charge in [-0.15, -0.1) is 0 Å². The van der Waals surface area contributed by atoms with Crippen LogP contribution in [0.1, 0.15) is 51.3 Å². The third-order valence-corrected chi connectivity index (χ3v) is 11.9. The van der Waals surface area contributed by atoms with Crippen molar-refractivity contribution in [1.29, 1.82) is 0 Å². The Hall–Kier alpha value is -2.63. The molecule has 2 aromatic heterocycles. The molecule has 1 aromatic carbocycles. The molecule has 10 nitrogen and oxygen atoms in total. The number of aromatic amines is 1. The minimum atomic E-state index is -0.128. The second kappa shape index (κ2) is 12.1. The molecule has 4 fully saturated rings. The number of likely N-dealkylation sites (N-methyl/N-ethyl adjacent to an activating group) is 1. The molecular formula is C34H46Cl2N8O2. The summed E-state index contributed by atoms with van der Waals surface area (Å²) in [5.41, 5.74) is 3.85. The SMILES string of the molecule is C=CC(=O)N1CCC(n2nc(N3CC[C@@H](CN4CC5(COCCN5C)C4)CC3(C)C)c(-c3c(Cl)c(Cl)cc4[nH]ncc34)c2C)CC1. The average Bonchev–Trinajstić information content (AvgIpc) is 3.61. The number of hydrogen-bond donors (Lipinski definition) is 1. The van der Waals surface area contributed by atoms with E-state index in [0.717, 1.165) is 105 Å². The lowest BCUT2D eigenvalue weighted by Crippen LogP contribution is -2.74. The molecule has 248 valence electrons. The summed E-state index contributed by atoms with van der Waals surface area (Å²) < 4.78 is 8.05. The summed E-state index contributed by atoms with van der Waals surface area (Å²) in [6.07, 6.45) is 7.06. The summed E-state index contributed by atoms with van der Waals surface area (Å²) in [6, 6.07) is 2.01. The molecule has 0 aliphatic carbocycles. The molecule has 0 saturated carbocycles. The van der Waals surface area contributed by atoms with Gasteiger partial charge >= 0.3 is 0 Å². The number of carbonyl (C=O) groups excluding carboxylic acids is 1. The van der Waals surface area contributed by atoms with Crippen molar-refractivity contribution in [1.82, 2.24) is 34.7 Å². The number of morpholine rings is 1. The van der Waals surface area contributed by atoms with Gasteiger partial charge in [0.1, 0.15) is 0 Å². The smallest absolute Gasteiger partial charge is 0.245 e. The summed E-state index contributed by atoms with van der Waals surface area (Å²) in [6.45, 7) is 18.8. The fraction of sp³-hybridized carbons (Fsp3) is 0.618. The number of amides is 1. The number of hydrogen-bond acceptors (Lipinski definition) is 7. The fourth-order valence-electron chi connectivity index (χ4n) is 8.58. The van der Waals surface area contributed by atoms with Crippen LogP contribution < -0.4 is 4.90 Å². The Morgan fingerprint density at radius 2 is 1.91 bits per heavy atom. The Kier molecular flexibility index (Phi) is 8.41. The predicted molar refractivity (Wildman–Crippen MR) is 184 cm³/mol. The highest BCUT2D eigenvalue weighted by atomic mass is 35.5. The standard InChI is InChI=1S/C34H46Cl2N8O2/c1-6-28(45)42-10-8-24(9-11-42)44-22(2)29(30-25-17-37-38-27(25)15-26(35)31(30)36)32(39-44)43-12-7-23(16-33(43,3)4)18-41-19-34(20-41)21-46-14-13-40(34)5/h6,15,17,23-24H,1,7-14,16,18-21H2,2-5H3,(H,37,38)/t23-/m1/s1. The number of anilines is 1. The van der Waals surface area contributed by atoms with Gasteiger partial charge in [-0.1, -0.05) is 29.8 Å². The summed E-state index contributed by atoms with van der Waals surface area (Å²) in [5, 5.41) is 14.8. The van der Waals surface area contributed by atoms with Gasteiger partial charge in [0, 0.05) is 73.6 Å². The van der Waals surface area contributed by atoms with Crippen LogP contribution in [0.5, 0.6) is 0 Å². The first kappa shape index (κ1) is 31.9. The van der Waals surface area contributed by atoms with Crippen molar-refractivity contribution in [3.05, 3.63) is 40.7 Å². The molecule has 6 heterocycles. The van der Waals surface area contributed by atoms with Gasteiger partial charge in [0.05, 0.1) is 46.6 Å². The van der Waals surface area contributed by atoms with Gasteiger partial charge in [0.2, 0.25) is 5.91 Å². The van der Waals surface area contributed by atoms with Crippen molar-refractivity contribution in [2.75, 3.05) is 71.0 Å². The zero-order valence-corrected chi connectivity index (χ0v) is 29.0. The first-order valence-electron chi connectivity index (χ1n) is 16.6. The van der Waals surface area contributed by atoms with E-state index in [-0.39, 0.29) is 23.0 Å². The summed E-state index contributed by atoms with van der Waals surface area (Å²) >= 11 is 13.8. The van der Waals surface area contributed by atoms with Crippen molar-refractivity contribution >= 4 is 45.8 Å². The van der Waals surface area contributed by atoms with E-state index in [2.05, 4.69) is 64.0 Å². The molecule has 1 atom stereocenters. The van der Waals surface area contributed by atoms with Crippen LogP contribution in [0.4, 0.5) is 5.82 Å². The number of halogens is 2. The summed E-state index contributed by atoms with van der Waals surface area (Å²) in [4.78, 5) is 21.8. The quantitative estimate of drug-likeness (QED) is 0.352. The topological polar surface area (TPSA) is 85.8 Å². The van der Waals surface area contributed by atoms with Gasteiger partial charge in [-0.2, -0.15) is 10.2 Å². The van der Waals surface area contributed by atoms with Crippen LogP contribution in [0.25, 0.3) is 22.0 Å². The van der Waals surface area contributed by atoms with Crippen LogP contribution in [-0.4, -0.2) is 118 Å². The Bertz CT molecular complexity index is 1640. The zero-order valence-electron chi connectivity index (χ0n) is 27.5. The van der Waals surface area contributed by atoms with Crippen molar-refractivity contribution in [3.8, 4) is 11.1 Å². The van der Waals surface area contributed by atoms with Crippen molar-refractivity contribution in [2.45, 2.75) is 63.6 Å². The number of H-pyrrole nitrogens is 1. The molecule has 7 rings (SSSR count). The van der Waals surface area contributed by atoms with E-state index in [1.54, 1.807) is 0 Å². The molecule has 0 radical (unpaired) electrons. The van der Waals surface area contributed by atoms with Crippen LogP contribution in [0.2, 0.25) is 10.0 Å². The maximum atomic E-state index is 12.3. The normalized spacial score (nSPS) is 24.1. The number of likely N-dealkylation sites (tertiary alicyclic amines) is 2. The fourth-order valence-corrected chi connectivity index (χ4v) is 9.04. The molecule has 46 heavy (non-hydrogen) atoms. The Morgan fingerprint density at radius 1 is 1.15 bits per heavy atom. The van der Waals surface area contributed by atoms with E-state index < -0.39 is 0 Å². The number of carbonyl (C=O) groups is 1. The molecule has 1 spiro atoms. The van der Waals surface area contributed by atoms with E-state index in [1.807, 2.05) is 17.2 Å². The van der Waals surface area contributed by atoms with Crippen LogP contribution in [0.15, 0.2) is 24.9 Å². The van der Waals surface area contributed by atoms with Crippen LogP contribution in [0.3, 0.4) is 0 Å². The molecule has 4 saturated heterocycles. The monoisotopic (exact) mass is 668 g/mol. The largest absolute Gasteiger partial charge is 0.378 e. The number of piperidine rings is 2. The molecule has 4 aliphatic heterocycles. The van der Waals surface area contributed by atoms with Crippen LogP contribution in [-0.2, 0) is 9.53 Å². The lowest BCUT2D eigenvalue weighted by molar-refractivity contribution is -0.134. The Balaban J connectivity index is 1.19. The van der Waals surface area contributed by atoms with Crippen molar-refractivity contribution in [2.24, 2.45) is 5.92 Å². The second-order valence-electron chi connectivity index (χ2n) is 14.6. The summed E-state index contributed by atoms with van der Waals surface area (Å²) in [7, 11) is 2.24. The molecule has 0 unspecified atom stereocenters. The maximum absolute atomic E-state index is 12.3. The number of benzene rings is 1. The lowest BCUT2D eigenvalue weighted by Gasteiger charge is -2.58. The Morgan fingerprint density at radius 3 is 2.61 bits per heavy atom. The maximum Gasteiger partial charge on any atom is 0.245 e. The number of nitrogens with zero attached hydrogens (tertiary/aromatic N) is 7. The zero-order chi connectivity index (χ0) is 32.4. The molecular weight excluding hydrogens is 623 g/mol. The first-order chi connectivity index (χ1) is 22.0. The van der Waals surface area contributed by atoms with Crippen molar-refractivity contribution < 1.29 is 9.53 Å². The van der Waals surface area contributed by atoms with Gasteiger partial charge in [-0.3, -0.25) is 24.4 Å². The highest BCUT2D eigenvalue weighted by molar-refractivity contribution is 6.45. The van der Waals surface area contributed by atoms with E-state index in [0.29, 0.717) is 29.1 Å². The predicted octanol–water partition coefficient (Wildman–Crippen LogP) is 5.40. The van der Waals surface area contributed by atoms with E-state index in [1.165, 1.54) is 6.08 Å². The molecule has 3 aromatic rings. The van der Waals surface area contributed by atoms with Gasteiger partial charge in [-0.25, -0.2) is 0 Å². The average molecular weight is 670 g/mol. The first-order valence-corrected chi connectivity index (χ1v) is 17.4. The second-order valence-corrected chi connectivity index (χ2v) is 15.3. The highest BCUT2D eigenvalue weighted by Gasteiger charge is 2.49. The minimum absolute atomic E-state index is 0.0119. The van der Waals surface area contributed by atoms with E-state index in [4.69, 9.17) is 33.0 Å². The van der Waals surface area contributed by atoms with Gasteiger partial charge < -0.3 is 14.5 Å².